The van der Waals surface area contributed by atoms with Crippen LogP contribution in [-0.2, 0) is 5.75 Å². The molecule has 0 aliphatic rings. The summed E-state index contributed by atoms with van der Waals surface area (Å²) >= 11 is 5.04. The number of benzene rings is 1. The van der Waals surface area contributed by atoms with Gasteiger partial charge in [-0.3, -0.25) is 0 Å². The summed E-state index contributed by atoms with van der Waals surface area (Å²) in [5.74, 6) is 7.49. The largest absolute Gasteiger partial charge is 0.335 e. The van der Waals surface area contributed by atoms with Gasteiger partial charge in [0.2, 0.25) is 5.16 Å². The number of hydrogen-bond acceptors (Lipinski definition) is 5. The number of nitrogens with two attached hydrogens (primary N) is 1. The Morgan fingerprint density at radius 1 is 1.16 bits per heavy atom. The van der Waals surface area contributed by atoms with Gasteiger partial charge in [-0.15, -0.1) is 10.2 Å². The summed E-state index contributed by atoms with van der Waals surface area (Å²) in [6.07, 6.45) is 4.03. The van der Waals surface area contributed by atoms with Gasteiger partial charge in [-0.1, -0.05) is 45.9 Å². The second kappa shape index (κ2) is 6.53. The summed E-state index contributed by atoms with van der Waals surface area (Å²) in [5.41, 5.74) is 4.01. The number of thioether (sulfide) groups is 1. The number of aryl methyl sites for hydroxylation is 1. The van der Waals surface area contributed by atoms with Crippen LogP contribution in [0.2, 0.25) is 0 Å². The van der Waals surface area contributed by atoms with Crippen molar-refractivity contribution >= 4 is 33.3 Å². The predicted octanol–water partition coefficient (Wildman–Crippen LogP) is 3.67. The van der Waals surface area contributed by atoms with Crippen molar-refractivity contribution in [1.82, 2.24) is 24.3 Å². The van der Waals surface area contributed by atoms with Crippen LogP contribution in [0.3, 0.4) is 0 Å². The minimum Gasteiger partial charge on any atom is -0.335 e. The van der Waals surface area contributed by atoms with Gasteiger partial charge < -0.3 is 10.2 Å². The monoisotopic (exact) mass is 414 g/mol. The molecule has 0 aliphatic heterocycles. The van der Waals surface area contributed by atoms with Crippen molar-refractivity contribution in [2.24, 2.45) is 0 Å². The van der Waals surface area contributed by atoms with Gasteiger partial charge in [0.1, 0.15) is 5.65 Å². The molecule has 2 N–H and O–H groups in total. The normalized spacial score (nSPS) is 11.3. The molecule has 1 aromatic carbocycles. The Morgan fingerprint density at radius 3 is 2.80 bits per heavy atom. The molecule has 0 aliphatic carbocycles. The first-order valence-corrected chi connectivity index (χ1v) is 9.43. The van der Waals surface area contributed by atoms with Crippen molar-refractivity contribution in [3.05, 3.63) is 64.5 Å². The summed E-state index contributed by atoms with van der Waals surface area (Å²) in [5, 5.41) is 9.10. The fourth-order valence-corrected chi connectivity index (χ4v) is 3.82. The van der Waals surface area contributed by atoms with Crippen LogP contribution in [0.5, 0.6) is 0 Å². The predicted molar refractivity (Wildman–Crippen MR) is 103 cm³/mol. The van der Waals surface area contributed by atoms with E-state index in [1.54, 1.807) is 0 Å². The van der Waals surface area contributed by atoms with Crippen molar-refractivity contribution in [2.45, 2.75) is 17.8 Å². The Morgan fingerprint density at radius 2 is 2.00 bits per heavy atom. The maximum absolute atomic E-state index is 6.19. The van der Waals surface area contributed by atoms with Gasteiger partial charge in [0.15, 0.2) is 5.82 Å². The Kier molecular flexibility index (Phi) is 4.22. The SMILES string of the molecule is Cc1cccn2cc(CSc3nnc(-c4ccccc4Br)n3N)nc12. The molecule has 0 unspecified atom stereocenters. The van der Waals surface area contributed by atoms with Crippen molar-refractivity contribution in [2.75, 3.05) is 5.84 Å². The fourth-order valence-electron chi connectivity index (χ4n) is 2.61. The van der Waals surface area contributed by atoms with Gasteiger partial charge in [0, 0.05) is 28.2 Å². The molecule has 8 heteroatoms. The molecule has 0 saturated carbocycles. The average Bonchev–Trinajstić information content (AvgIpc) is 3.18. The van der Waals surface area contributed by atoms with Crippen LogP contribution < -0.4 is 5.84 Å². The van der Waals surface area contributed by atoms with E-state index in [2.05, 4.69) is 44.1 Å². The topological polar surface area (TPSA) is 74.0 Å². The van der Waals surface area contributed by atoms with E-state index in [-0.39, 0.29) is 0 Å². The van der Waals surface area contributed by atoms with Crippen LogP contribution in [0.15, 0.2) is 58.4 Å². The molecule has 0 amide bonds. The van der Waals surface area contributed by atoms with Gasteiger partial charge in [-0.2, -0.15) is 0 Å². The van der Waals surface area contributed by atoms with E-state index in [0.29, 0.717) is 16.7 Å². The lowest BCUT2D eigenvalue weighted by Gasteiger charge is -2.04. The maximum Gasteiger partial charge on any atom is 0.210 e. The minimum atomic E-state index is 0.626. The molecule has 3 aromatic heterocycles. The number of nitrogen functional groups attached to an aromatic ring is 1. The van der Waals surface area contributed by atoms with E-state index in [9.17, 15) is 0 Å². The van der Waals surface area contributed by atoms with Crippen molar-refractivity contribution in [1.29, 1.82) is 0 Å². The van der Waals surface area contributed by atoms with Gasteiger partial charge >= 0.3 is 0 Å². The number of nitrogens with zero attached hydrogens (tertiary/aromatic N) is 5. The third-order valence-electron chi connectivity index (χ3n) is 3.86. The summed E-state index contributed by atoms with van der Waals surface area (Å²) < 4.78 is 4.48. The summed E-state index contributed by atoms with van der Waals surface area (Å²) in [4.78, 5) is 4.67. The zero-order chi connectivity index (χ0) is 17.4. The highest BCUT2D eigenvalue weighted by Crippen LogP contribution is 2.29. The van der Waals surface area contributed by atoms with Crippen molar-refractivity contribution in [3.63, 3.8) is 0 Å². The highest BCUT2D eigenvalue weighted by atomic mass is 79.9. The number of halogens is 1. The summed E-state index contributed by atoms with van der Waals surface area (Å²) in [7, 11) is 0. The lowest BCUT2D eigenvalue weighted by atomic mass is 10.2. The summed E-state index contributed by atoms with van der Waals surface area (Å²) in [6.45, 7) is 2.06. The lowest BCUT2D eigenvalue weighted by molar-refractivity contribution is 0.849. The van der Waals surface area contributed by atoms with Crippen LogP contribution in [0.25, 0.3) is 17.0 Å². The molecule has 126 valence electrons. The third-order valence-corrected chi connectivity index (χ3v) is 5.52. The van der Waals surface area contributed by atoms with E-state index < -0.39 is 0 Å². The average molecular weight is 415 g/mol. The van der Waals surface area contributed by atoms with Crippen LogP contribution in [0.4, 0.5) is 0 Å². The molecule has 0 fully saturated rings. The van der Waals surface area contributed by atoms with E-state index in [0.717, 1.165) is 26.9 Å². The molecular weight excluding hydrogens is 400 g/mol. The van der Waals surface area contributed by atoms with E-state index in [1.165, 1.54) is 16.4 Å². The van der Waals surface area contributed by atoms with Crippen LogP contribution in [0.1, 0.15) is 11.3 Å². The van der Waals surface area contributed by atoms with E-state index in [4.69, 9.17) is 5.84 Å². The van der Waals surface area contributed by atoms with Gasteiger partial charge in [-0.05, 0) is 30.7 Å². The Labute approximate surface area is 157 Å². The lowest BCUT2D eigenvalue weighted by Crippen LogP contribution is -2.11. The molecule has 3 heterocycles. The number of hydrogen-bond donors (Lipinski definition) is 1. The molecule has 6 nitrogen and oxygen atoms in total. The zero-order valence-corrected chi connectivity index (χ0v) is 15.8. The van der Waals surface area contributed by atoms with E-state index >= 15 is 0 Å². The first-order valence-electron chi connectivity index (χ1n) is 7.65. The van der Waals surface area contributed by atoms with Crippen LogP contribution >= 0.6 is 27.7 Å². The quantitative estimate of drug-likeness (QED) is 0.407. The van der Waals surface area contributed by atoms with Gasteiger partial charge in [-0.25, -0.2) is 9.66 Å². The molecular formula is C17H15BrN6S. The standard InChI is InChI=1S/C17H15BrN6S/c1-11-5-4-8-23-9-12(20-15(11)23)10-25-17-22-21-16(24(17)19)13-6-2-3-7-14(13)18/h2-9H,10,19H2,1H3. The Balaban J connectivity index is 1.57. The second-order valence-corrected chi connectivity index (χ2v) is 7.40. The first kappa shape index (κ1) is 16.2. The number of pyridine rings is 1. The van der Waals surface area contributed by atoms with Gasteiger partial charge in [0.05, 0.1) is 5.69 Å². The number of rotatable bonds is 4. The second-order valence-electron chi connectivity index (χ2n) is 5.60. The Bertz CT molecular complexity index is 1050. The molecule has 0 spiro atoms. The molecule has 0 bridgehead atoms. The van der Waals surface area contributed by atoms with Crippen molar-refractivity contribution < 1.29 is 0 Å². The fraction of sp³-hybridized carbons (Fsp3) is 0.118. The van der Waals surface area contributed by atoms with Crippen molar-refractivity contribution in [3.8, 4) is 11.4 Å². The molecule has 25 heavy (non-hydrogen) atoms. The third kappa shape index (κ3) is 3.03. The number of aromatic nitrogens is 5. The highest BCUT2D eigenvalue weighted by molar-refractivity contribution is 9.10. The van der Waals surface area contributed by atoms with E-state index in [1.807, 2.05) is 47.1 Å². The minimum absolute atomic E-state index is 0.626. The first-order chi connectivity index (χ1) is 12.1. The number of imidazole rings is 1. The van der Waals surface area contributed by atoms with Gasteiger partial charge in [0.25, 0.3) is 0 Å². The van der Waals surface area contributed by atoms with Crippen LogP contribution in [-0.4, -0.2) is 24.3 Å². The van der Waals surface area contributed by atoms with Crippen LogP contribution in [0, 0.1) is 6.92 Å². The molecule has 4 rings (SSSR count). The number of fused-ring (bicyclic) bond motifs is 1. The highest BCUT2D eigenvalue weighted by Gasteiger charge is 2.15. The molecule has 0 radical (unpaired) electrons. The zero-order valence-electron chi connectivity index (χ0n) is 13.4. The molecule has 4 aromatic rings. The smallest absolute Gasteiger partial charge is 0.210 e. The Hall–Kier alpha value is -2.32. The molecule has 0 atom stereocenters. The maximum atomic E-state index is 6.19. The molecule has 0 saturated heterocycles. The summed E-state index contributed by atoms with van der Waals surface area (Å²) in [6, 6.07) is 11.9.